The van der Waals surface area contributed by atoms with Crippen LogP contribution in [0.15, 0.2) is 59.2 Å². The summed E-state index contributed by atoms with van der Waals surface area (Å²) in [6.07, 6.45) is 2.37. The molecule has 1 heterocycles. The van der Waals surface area contributed by atoms with Crippen molar-refractivity contribution in [3.05, 3.63) is 69.8 Å². The molecule has 6 heteroatoms. The molecule has 1 aromatic heterocycles. The van der Waals surface area contributed by atoms with Crippen molar-refractivity contribution in [2.24, 2.45) is 0 Å². The average Bonchev–Trinajstić information content (AvgIpc) is 2.98. The molecule has 1 N–H and O–H groups in total. The zero-order valence-corrected chi connectivity index (χ0v) is 15.0. The van der Waals surface area contributed by atoms with Crippen LogP contribution in [0.25, 0.3) is 16.9 Å². The lowest BCUT2D eigenvalue weighted by Crippen LogP contribution is -1.97. The molecule has 0 aliphatic heterocycles. The van der Waals surface area contributed by atoms with Crippen molar-refractivity contribution in [2.45, 2.75) is 12.8 Å². The van der Waals surface area contributed by atoms with Crippen molar-refractivity contribution < 1.29 is 9.90 Å². The highest BCUT2D eigenvalue weighted by atomic mass is 79.9. The van der Waals surface area contributed by atoms with Gasteiger partial charge in [-0.15, -0.1) is 0 Å². The summed E-state index contributed by atoms with van der Waals surface area (Å²) in [5.41, 5.74) is 3.51. The largest absolute Gasteiger partial charge is 0.481 e. The number of carboxylic acid groups (broad SMARTS) is 1. The molecule has 2 aromatic carbocycles. The molecule has 3 aromatic rings. The standard InChI is InChI=1S/C18H14BrClN2O2/c19-14-4-1-12(2-5-14)18-13(3-10-17(23)24)11-22(21-18)16-8-6-15(20)7-9-16/h1-2,4-9,11H,3,10H2,(H,23,24). The lowest BCUT2D eigenvalue weighted by atomic mass is 10.0. The van der Waals surface area contributed by atoms with Crippen molar-refractivity contribution in [3.63, 3.8) is 0 Å². The molecular weight excluding hydrogens is 392 g/mol. The first-order chi connectivity index (χ1) is 11.5. The Hall–Kier alpha value is -2.11. The van der Waals surface area contributed by atoms with Gasteiger partial charge in [0.05, 0.1) is 11.4 Å². The highest BCUT2D eigenvalue weighted by Gasteiger charge is 2.13. The second-order valence-electron chi connectivity index (χ2n) is 5.32. The third-order valence-corrected chi connectivity index (χ3v) is 4.39. The number of carbonyl (C=O) groups is 1. The third-order valence-electron chi connectivity index (χ3n) is 3.61. The maximum Gasteiger partial charge on any atom is 0.303 e. The normalized spacial score (nSPS) is 10.8. The molecule has 0 saturated heterocycles. The summed E-state index contributed by atoms with van der Waals surface area (Å²) in [5, 5.41) is 14.3. The third kappa shape index (κ3) is 3.86. The second-order valence-corrected chi connectivity index (χ2v) is 6.68. The first-order valence-corrected chi connectivity index (χ1v) is 8.52. The highest BCUT2D eigenvalue weighted by molar-refractivity contribution is 9.10. The van der Waals surface area contributed by atoms with E-state index in [1.54, 1.807) is 16.8 Å². The fourth-order valence-electron chi connectivity index (χ4n) is 2.41. The van der Waals surface area contributed by atoms with Crippen molar-refractivity contribution in [1.82, 2.24) is 9.78 Å². The van der Waals surface area contributed by atoms with Crippen LogP contribution in [0.2, 0.25) is 5.02 Å². The van der Waals surface area contributed by atoms with E-state index in [1.165, 1.54) is 0 Å². The molecule has 3 rings (SSSR count). The van der Waals surface area contributed by atoms with Gasteiger partial charge in [-0.2, -0.15) is 5.10 Å². The van der Waals surface area contributed by atoms with Gasteiger partial charge in [0, 0.05) is 27.7 Å². The Morgan fingerprint density at radius 1 is 1.12 bits per heavy atom. The minimum Gasteiger partial charge on any atom is -0.481 e. The molecule has 0 bridgehead atoms. The number of hydrogen-bond donors (Lipinski definition) is 1. The molecule has 0 unspecified atom stereocenters. The van der Waals surface area contributed by atoms with Crippen LogP contribution in [-0.2, 0) is 11.2 Å². The Kier molecular flexibility index (Phi) is 5.02. The number of aromatic nitrogens is 2. The van der Waals surface area contributed by atoms with Crippen LogP contribution < -0.4 is 0 Å². The quantitative estimate of drug-likeness (QED) is 0.652. The fraction of sp³-hybridized carbons (Fsp3) is 0.111. The molecule has 4 nitrogen and oxygen atoms in total. The van der Waals surface area contributed by atoms with Gasteiger partial charge in [0.1, 0.15) is 0 Å². The maximum atomic E-state index is 10.9. The molecule has 0 saturated carbocycles. The predicted octanol–water partition coefficient (Wildman–Crippen LogP) is 4.97. The number of hydrogen-bond acceptors (Lipinski definition) is 2. The SMILES string of the molecule is O=C(O)CCc1cn(-c2ccc(Cl)cc2)nc1-c1ccc(Br)cc1. The van der Waals surface area contributed by atoms with Gasteiger partial charge in [-0.25, -0.2) is 4.68 Å². The van der Waals surface area contributed by atoms with E-state index in [0.717, 1.165) is 27.0 Å². The molecule has 0 fully saturated rings. The van der Waals surface area contributed by atoms with Crippen LogP contribution in [0.3, 0.4) is 0 Å². The van der Waals surface area contributed by atoms with E-state index in [2.05, 4.69) is 21.0 Å². The first kappa shape index (κ1) is 16.7. The Morgan fingerprint density at radius 3 is 2.42 bits per heavy atom. The van der Waals surface area contributed by atoms with Crippen molar-refractivity contribution in [3.8, 4) is 16.9 Å². The topological polar surface area (TPSA) is 55.1 Å². The van der Waals surface area contributed by atoms with Crippen molar-refractivity contribution >= 4 is 33.5 Å². The van der Waals surface area contributed by atoms with Crippen LogP contribution in [0.1, 0.15) is 12.0 Å². The van der Waals surface area contributed by atoms with Crippen LogP contribution in [0.4, 0.5) is 0 Å². The Balaban J connectivity index is 2.02. The number of benzene rings is 2. The van der Waals surface area contributed by atoms with Gasteiger partial charge in [0.25, 0.3) is 0 Å². The van der Waals surface area contributed by atoms with Crippen LogP contribution in [0, 0.1) is 0 Å². The minimum absolute atomic E-state index is 0.0653. The number of nitrogens with zero attached hydrogens (tertiary/aromatic N) is 2. The molecule has 0 atom stereocenters. The summed E-state index contributed by atoms with van der Waals surface area (Å²) < 4.78 is 2.74. The summed E-state index contributed by atoms with van der Waals surface area (Å²) in [4.78, 5) is 10.9. The van der Waals surface area contributed by atoms with Crippen LogP contribution in [-0.4, -0.2) is 20.9 Å². The molecule has 0 spiro atoms. The van der Waals surface area contributed by atoms with Crippen LogP contribution in [0.5, 0.6) is 0 Å². The Bertz CT molecular complexity index is 858. The summed E-state index contributed by atoms with van der Waals surface area (Å²) in [6.45, 7) is 0. The predicted molar refractivity (Wildman–Crippen MR) is 97.7 cm³/mol. The van der Waals surface area contributed by atoms with E-state index in [1.807, 2.05) is 42.6 Å². The molecule has 24 heavy (non-hydrogen) atoms. The zero-order valence-electron chi connectivity index (χ0n) is 12.6. The van der Waals surface area contributed by atoms with Gasteiger partial charge < -0.3 is 5.11 Å². The summed E-state index contributed by atoms with van der Waals surface area (Å²) in [7, 11) is 0. The van der Waals surface area contributed by atoms with Gasteiger partial charge in [0.15, 0.2) is 0 Å². The van der Waals surface area contributed by atoms with Gasteiger partial charge in [0.2, 0.25) is 0 Å². The maximum absolute atomic E-state index is 10.9. The lowest BCUT2D eigenvalue weighted by molar-refractivity contribution is -0.136. The van der Waals surface area contributed by atoms with Crippen molar-refractivity contribution in [2.75, 3.05) is 0 Å². The molecule has 0 aliphatic rings. The first-order valence-electron chi connectivity index (χ1n) is 7.35. The molecule has 0 aliphatic carbocycles. The van der Waals surface area contributed by atoms with Gasteiger partial charge in [-0.3, -0.25) is 4.79 Å². The Morgan fingerprint density at radius 2 is 1.79 bits per heavy atom. The van der Waals surface area contributed by atoms with E-state index in [-0.39, 0.29) is 6.42 Å². The summed E-state index contributed by atoms with van der Waals surface area (Å²) >= 11 is 9.35. The van der Waals surface area contributed by atoms with Crippen LogP contribution >= 0.6 is 27.5 Å². The zero-order chi connectivity index (χ0) is 17.1. The number of aliphatic carboxylic acids is 1. The molecule has 0 amide bonds. The molecule has 0 radical (unpaired) electrons. The second kappa shape index (κ2) is 7.20. The van der Waals surface area contributed by atoms with Gasteiger partial charge in [-0.05, 0) is 48.4 Å². The minimum atomic E-state index is -0.823. The highest BCUT2D eigenvalue weighted by Crippen LogP contribution is 2.26. The van der Waals surface area contributed by atoms with Crippen molar-refractivity contribution in [1.29, 1.82) is 0 Å². The number of carboxylic acids is 1. The van der Waals surface area contributed by atoms with E-state index >= 15 is 0 Å². The molecular formula is C18H14BrClN2O2. The van der Waals surface area contributed by atoms with E-state index in [0.29, 0.717) is 11.4 Å². The smallest absolute Gasteiger partial charge is 0.303 e. The van der Waals surface area contributed by atoms with Gasteiger partial charge >= 0.3 is 5.97 Å². The number of halogens is 2. The Labute approximate surface area is 152 Å². The summed E-state index contributed by atoms with van der Waals surface area (Å²) in [6, 6.07) is 15.2. The van der Waals surface area contributed by atoms with E-state index in [4.69, 9.17) is 16.7 Å². The average molecular weight is 406 g/mol. The van der Waals surface area contributed by atoms with E-state index in [9.17, 15) is 4.79 Å². The lowest BCUT2D eigenvalue weighted by Gasteiger charge is -2.02. The summed E-state index contributed by atoms with van der Waals surface area (Å²) in [5.74, 6) is -0.823. The van der Waals surface area contributed by atoms with Gasteiger partial charge in [-0.1, -0.05) is 39.7 Å². The number of aryl methyl sites for hydroxylation is 1. The molecule has 122 valence electrons. The van der Waals surface area contributed by atoms with E-state index < -0.39 is 5.97 Å². The fourth-order valence-corrected chi connectivity index (χ4v) is 2.80. The monoisotopic (exact) mass is 404 g/mol. The number of rotatable bonds is 5.